The molecule has 2 aromatic rings. The minimum atomic E-state index is -1.54. The van der Waals surface area contributed by atoms with Gasteiger partial charge in [0.2, 0.25) is 0 Å². The molecule has 0 unspecified atom stereocenters. The molecule has 2 aromatic carbocycles. The molecular formula is C14H10O10Pd. The van der Waals surface area contributed by atoms with Crippen molar-refractivity contribution in [3.63, 3.8) is 0 Å². The second-order valence-electron chi connectivity index (χ2n) is 4.30. The van der Waals surface area contributed by atoms with Gasteiger partial charge in [0.15, 0.2) is 34.5 Å². The van der Waals surface area contributed by atoms with Gasteiger partial charge in [-0.2, -0.15) is 0 Å². The fourth-order valence-electron chi connectivity index (χ4n) is 1.44. The third-order valence-corrected chi connectivity index (χ3v) is 2.61. The van der Waals surface area contributed by atoms with Crippen LogP contribution in [0.5, 0.6) is 34.5 Å². The Labute approximate surface area is 153 Å². The van der Waals surface area contributed by atoms with Gasteiger partial charge in [-0.1, -0.05) is 0 Å². The van der Waals surface area contributed by atoms with E-state index in [9.17, 15) is 19.8 Å². The molecule has 0 saturated heterocycles. The Hall–Kier alpha value is -3.16. The van der Waals surface area contributed by atoms with Crippen LogP contribution in [0.1, 0.15) is 20.7 Å². The quantitative estimate of drug-likeness (QED) is 0.230. The fourth-order valence-corrected chi connectivity index (χ4v) is 1.44. The minimum Gasteiger partial charge on any atom is -0.545 e. The molecule has 0 aliphatic rings. The van der Waals surface area contributed by atoms with Gasteiger partial charge in [0.05, 0.1) is 11.9 Å². The van der Waals surface area contributed by atoms with Crippen molar-refractivity contribution in [1.82, 2.24) is 0 Å². The Balaban J connectivity index is 0.000000443. The maximum absolute atomic E-state index is 10.2. The minimum absolute atomic E-state index is 0. The van der Waals surface area contributed by atoms with Gasteiger partial charge >= 0.3 is 20.4 Å². The zero-order valence-electron chi connectivity index (χ0n) is 11.9. The number of aromatic hydroxyl groups is 6. The molecule has 2 rings (SSSR count). The SMILES string of the molecule is O=C([O-])c1cc(O)c(O)c(O)c1.O=C([O-])c1cc(O)c(O)c(O)c1.[Pd+2]. The smallest absolute Gasteiger partial charge is 0.545 e. The van der Waals surface area contributed by atoms with Gasteiger partial charge in [0, 0.05) is 11.1 Å². The topological polar surface area (TPSA) is 202 Å². The molecule has 10 nitrogen and oxygen atoms in total. The van der Waals surface area contributed by atoms with Crippen molar-refractivity contribution in [3.05, 3.63) is 35.4 Å². The molecule has 0 heterocycles. The standard InChI is InChI=1S/2C7H6O5.Pd/c2*8-4-1-3(7(11)12)2-5(9)6(4)10;/h2*1-2,8-10H,(H,11,12);/q;;+2/p-2. The predicted molar refractivity (Wildman–Crippen MR) is 71.5 cm³/mol. The van der Waals surface area contributed by atoms with Crippen molar-refractivity contribution in [2.45, 2.75) is 0 Å². The van der Waals surface area contributed by atoms with E-state index in [2.05, 4.69) is 0 Å². The Morgan fingerprint density at radius 2 is 0.800 bits per heavy atom. The van der Waals surface area contributed by atoms with E-state index >= 15 is 0 Å². The second kappa shape index (κ2) is 8.63. The number of hydrogen-bond acceptors (Lipinski definition) is 10. The first-order valence-corrected chi connectivity index (χ1v) is 5.97. The van der Waals surface area contributed by atoms with Crippen LogP contribution in [0.25, 0.3) is 0 Å². The van der Waals surface area contributed by atoms with Gasteiger partial charge < -0.3 is 50.4 Å². The first-order chi connectivity index (χ1) is 11.0. The molecule has 0 saturated carbocycles. The summed E-state index contributed by atoms with van der Waals surface area (Å²) >= 11 is 0. The third-order valence-electron chi connectivity index (χ3n) is 2.61. The summed E-state index contributed by atoms with van der Waals surface area (Å²) in [5, 5.41) is 73.3. The zero-order valence-corrected chi connectivity index (χ0v) is 13.5. The van der Waals surface area contributed by atoms with Crippen molar-refractivity contribution in [1.29, 1.82) is 0 Å². The Bertz CT molecular complexity index is 689. The molecule has 0 fully saturated rings. The number of phenols is 6. The van der Waals surface area contributed by atoms with E-state index in [4.69, 9.17) is 30.6 Å². The first kappa shape index (κ1) is 21.8. The second-order valence-corrected chi connectivity index (χ2v) is 4.30. The van der Waals surface area contributed by atoms with Gasteiger partial charge in [0.25, 0.3) is 0 Å². The van der Waals surface area contributed by atoms with E-state index < -0.39 is 57.6 Å². The number of carbonyl (C=O) groups excluding carboxylic acids is 2. The zero-order chi connectivity index (χ0) is 18.6. The van der Waals surface area contributed by atoms with E-state index in [1.54, 1.807) is 0 Å². The molecule has 0 aliphatic carbocycles. The van der Waals surface area contributed by atoms with Crippen LogP contribution in [0.3, 0.4) is 0 Å². The summed E-state index contributed by atoms with van der Waals surface area (Å²) in [6.45, 7) is 0. The number of hydrogen-bond donors (Lipinski definition) is 6. The maximum atomic E-state index is 10.2. The van der Waals surface area contributed by atoms with Crippen LogP contribution in [0, 0.1) is 0 Å². The Kier molecular flexibility index (Phi) is 7.54. The van der Waals surface area contributed by atoms with E-state index in [0.29, 0.717) is 0 Å². The molecule has 11 heteroatoms. The summed E-state index contributed by atoms with van der Waals surface area (Å²) in [7, 11) is 0. The normalized spacial score (nSPS) is 9.28. The number of rotatable bonds is 2. The van der Waals surface area contributed by atoms with Gasteiger partial charge in [-0.25, -0.2) is 0 Å². The average molecular weight is 445 g/mol. The molecule has 0 radical (unpaired) electrons. The summed E-state index contributed by atoms with van der Waals surface area (Å²) in [5.41, 5.74) is -0.800. The van der Waals surface area contributed by atoms with E-state index in [1.807, 2.05) is 0 Å². The average Bonchev–Trinajstić information content (AvgIpc) is 2.49. The summed E-state index contributed by atoms with van der Waals surface area (Å²) < 4.78 is 0. The van der Waals surface area contributed by atoms with Crippen molar-refractivity contribution >= 4 is 11.9 Å². The van der Waals surface area contributed by atoms with Crippen LogP contribution in [0.2, 0.25) is 0 Å². The summed E-state index contributed by atoms with van der Waals surface area (Å²) in [5.74, 6) is -7.38. The summed E-state index contributed by atoms with van der Waals surface area (Å²) in [4.78, 5) is 20.4. The predicted octanol–water partition coefficient (Wildman–Crippen LogP) is -1.67. The molecule has 0 atom stereocenters. The number of benzene rings is 2. The van der Waals surface area contributed by atoms with E-state index in [0.717, 1.165) is 24.3 Å². The Morgan fingerprint density at radius 3 is 0.960 bits per heavy atom. The summed E-state index contributed by atoms with van der Waals surface area (Å²) in [6.07, 6.45) is 0. The van der Waals surface area contributed by atoms with Crippen LogP contribution in [0.15, 0.2) is 24.3 Å². The monoisotopic (exact) mass is 444 g/mol. The molecule has 0 amide bonds. The number of carboxylic acids is 2. The van der Waals surface area contributed by atoms with Gasteiger partial charge in [-0.05, 0) is 24.3 Å². The largest absolute Gasteiger partial charge is 2.00 e. The van der Waals surface area contributed by atoms with Gasteiger partial charge in [0.1, 0.15) is 0 Å². The number of carboxylic acid groups (broad SMARTS) is 2. The molecule has 25 heavy (non-hydrogen) atoms. The van der Waals surface area contributed by atoms with Crippen LogP contribution >= 0.6 is 0 Å². The van der Waals surface area contributed by atoms with Crippen molar-refractivity contribution < 1.29 is 70.9 Å². The molecule has 0 spiro atoms. The molecule has 6 N–H and O–H groups in total. The van der Waals surface area contributed by atoms with Crippen molar-refractivity contribution in [2.75, 3.05) is 0 Å². The van der Waals surface area contributed by atoms with Crippen LogP contribution in [-0.4, -0.2) is 42.6 Å². The van der Waals surface area contributed by atoms with E-state index in [-0.39, 0.29) is 20.4 Å². The fraction of sp³-hybridized carbons (Fsp3) is 0. The first-order valence-electron chi connectivity index (χ1n) is 5.97. The van der Waals surface area contributed by atoms with Crippen LogP contribution in [0.4, 0.5) is 0 Å². The molecular weight excluding hydrogens is 435 g/mol. The summed E-state index contributed by atoms with van der Waals surface area (Å²) in [6, 6.07) is 3.13. The molecule has 0 aromatic heterocycles. The third kappa shape index (κ3) is 5.45. The van der Waals surface area contributed by atoms with Crippen molar-refractivity contribution in [3.8, 4) is 34.5 Å². The van der Waals surface area contributed by atoms with E-state index in [1.165, 1.54) is 0 Å². The number of phenolic OH excluding ortho intramolecular Hbond substituents is 6. The molecule has 0 aliphatic heterocycles. The number of carbonyl (C=O) groups is 2. The van der Waals surface area contributed by atoms with Crippen LogP contribution in [-0.2, 0) is 20.4 Å². The molecule has 136 valence electrons. The van der Waals surface area contributed by atoms with Gasteiger partial charge in [-0.3, -0.25) is 0 Å². The maximum Gasteiger partial charge on any atom is 2.00 e. The van der Waals surface area contributed by atoms with Crippen molar-refractivity contribution in [2.24, 2.45) is 0 Å². The number of aromatic carboxylic acids is 2. The van der Waals surface area contributed by atoms with Crippen LogP contribution < -0.4 is 10.2 Å². The van der Waals surface area contributed by atoms with Gasteiger partial charge in [-0.15, -0.1) is 0 Å². The molecule has 0 bridgehead atoms. The Morgan fingerprint density at radius 1 is 0.600 bits per heavy atom.